The van der Waals surface area contributed by atoms with E-state index in [4.69, 9.17) is 0 Å². The van der Waals surface area contributed by atoms with Crippen molar-refractivity contribution in [3.8, 4) is 0 Å². The lowest BCUT2D eigenvalue weighted by molar-refractivity contribution is 0.178. The molecule has 0 aromatic heterocycles. The monoisotopic (exact) mass is 257 g/mol. The summed E-state index contributed by atoms with van der Waals surface area (Å²) < 4.78 is 1.03. The Balaban J connectivity index is 2.77. The molecule has 2 nitrogen and oxygen atoms in total. The maximum Gasteiger partial charge on any atom is 0.0710 e. The Morgan fingerprint density at radius 1 is 1.36 bits per heavy atom. The fraction of sp³-hybridized carbons (Fsp3) is 0.455. The Morgan fingerprint density at radius 2 is 2.00 bits per heavy atom. The van der Waals surface area contributed by atoms with E-state index in [2.05, 4.69) is 27.3 Å². The molecule has 0 aliphatic carbocycles. The first-order valence-corrected chi connectivity index (χ1v) is 5.50. The fourth-order valence-electron chi connectivity index (χ4n) is 1.10. The van der Waals surface area contributed by atoms with Gasteiger partial charge in [0.2, 0.25) is 0 Å². The van der Waals surface area contributed by atoms with Crippen LogP contribution in [0.15, 0.2) is 22.7 Å². The average Bonchev–Trinajstić information content (AvgIpc) is 2.09. The summed E-state index contributed by atoms with van der Waals surface area (Å²) >= 11 is 3.48. The second kappa shape index (κ2) is 4.80. The fourth-order valence-corrected chi connectivity index (χ4v) is 1.71. The molecular weight excluding hydrogens is 242 g/mol. The van der Waals surface area contributed by atoms with Gasteiger partial charge in [0.15, 0.2) is 0 Å². The van der Waals surface area contributed by atoms with E-state index in [1.807, 2.05) is 26.0 Å². The van der Waals surface area contributed by atoms with Crippen molar-refractivity contribution >= 4 is 21.6 Å². The van der Waals surface area contributed by atoms with Crippen LogP contribution in [0.1, 0.15) is 19.4 Å². The highest BCUT2D eigenvalue weighted by atomic mass is 79.9. The number of benzene rings is 1. The summed E-state index contributed by atoms with van der Waals surface area (Å²) in [7, 11) is 0. The van der Waals surface area contributed by atoms with Crippen LogP contribution >= 0.6 is 15.9 Å². The van der Waals surface area contributed by atoms with Crippen LogP contribution in [0.5, 0.6) is 0 Å². The number of rotatable bonds is 3. The minimum Gasteiger partial charge on any atom is -0.391 e. The lowest BCUT2D eigenvalue weighted by Gasteiger charge is -2.19. The second-order valence-corrected chi connectivity index (χ2v) is 4.51. The predicted octanol–water partition coefficient (Wildman–Crippen LogP) is 2.94. The maximum absolute atomic E-state index is 9.35. The van der Waals surface area contributed by atoms with Gasteiger partial charge in [-0.15, -0.1) is 0 Å². The van der Waals surface area contributed by atoms with Crippen molar-refractivity contribution in [2.45, 2.75) is 32.9 Å². The molecule has 0 fully saturated rings. The van der Waals surface area contributed by atoms with E-state index in [0.29, 0.717) is 0 Å². The summed E-state index contributed by atoms with van der Waals surface area (Å²) in [6, 6.07) is 6.16. The molecule has 14 heavy (non-hydrogen) atoms. The van der Waals surface area contributed by atoms with E-state index in [1.165, 1.54) is 5.56 Å². The van der Waals surface area contributed by atoms with Gasteiger partial charge in [-0.2, -0.15) is 0 Å². The van der Waals surface area contributed by atoms with Gasteiger partial charge in [0.1, 0.15) is 0 Å². The normalized spacial score (nSPS) is 14.9. The minimum atomic E-state index is -0.358. The number of hydrogen-bond donors (Lipinski definition) is 2. The van der Waals surface area contributed by atoms with E-state index in [1.54, 1.807) is 6.92 Å². The van der Waals surface area contributed by atoms with Gasteiger partial charge in [0.05, 0.1) is 6.10 Å². The SMILES string of the molecule is Cc1ccc(NC(C)C(C)O)c(Br)c1. The van der Waals surface area contributed by atoms with Crippen LogP contribution in [0.25, 0.3) is 0 Å². The van der Waals surface area contributed by atoms with Crippen molar-refractivity contribution in [2.75, 3.05) is 5.32 Å². The van der Waals surface area contributed by atoms with Gasteiger partial charge in [-0.1, -0.05) is 6.07 Å². The van der Waals surface area contributed by atoms with Gasteiger partial charge in [-0.25, -0.2) is 0 Å². The standard InChI is InChI=1S/C11H16BrNO/c1-7-4-5-11(10(12)6-7)13-8(2)9(3)14/h4-6,8-9,13-14H,1-3H3. The lowest BCUT2D eigenvalue weighted by atomic mass is 10.2. The zero-order chi connectivity index (χ0) is 10.7. The molecule has 2 atom stereocenters. The molecule has 0 aliphatic rings. The summed E-state index contributed by atoms with van der Waals surface area (Å²) in [5.74, 6) is 0. The van der Waals surface area contributed by atoms with Crippen LogP contribution in [0, 0.1) is 6.92 Å². The number of halogens is 1. The highest BCUT2D eigenvalue weighted by Crippen LogP contribution is 2.24. The third-order valence-corrected chi connectivity index (χ3v) is 2.89. The van der Waals surface area contributed by atoms with Crippen LogP contribution < -0.4 is 5.32 Å². The first-order chi connectivity index (χ1) is 6.50. The molecule has 0 heterocycles. The highest BCUT2D eigenvalue weighted by molar-refractivity contribution is 9.10. The van der Waals surface area contributed by atoms with E-state index in [0.717, 1.165) is 10.2 Å². The van der Waals surface area contributed by atoms with Gasteiger partial charge >= 0.3 is 0 Å². The highest BCUT2D eigenvalue weighted by Gasteiger charge is 2.09. The Labute approximate surface area is 93.5 Å². The molecule has 0 bridgehead atoms. The summed E-state index contributed by atoms with van der Waals surface area (Å²) in [6.45, 7) is 5.78. The van der Waals surface area contributed by atoms with Gasteiger partial charge in [-0.3, -0.25) is 0 Å². The van der Waals surface area contributed by atoms with E-state index >= 15 is 0 Å². The van der Waals surface area contributed by atoms with Gasteiger partial charge in [0.25, 0.3) is 0 Å². The first kappa shape index (κ1) is 11.5. The molecule has 0 spiro atoms. The Morgan fingerprint density at radius 3 is 2.50 bits per heavy atom. The molecule has 1 rings (SSSR count). The number of nitrogens with one attached hydrogen (secondary N) is 1. The third-order valence-electron chi connectivity index (χ3n) is 2.23. The Bertz CT molecular complexity index is 312. The van der Waals surface area contributed by atoms with Crippen molar-refractivity contribution in [2.24, 2.45) is 0 Å². The van der Waals surface area contributed by atoms with Crippen molar-refractivity contribution < 1.29 is 5.11 Å². The summed E-state index contributed by atoms with van der Waals surface area (Å²) in [4.78, 5) is 0. The minimum absolute atomic E-state index is 0.0500. The molecule has 78 valence electrons. The number of anilines is 1. The van der Waals surface area contributed by atoms with Crippen molar-refractivity contribution in [1.29, 1.82) is 0 Å². The molecule has 2 unspecified atom stereocenters. The van der Waals surface area contributed by atoms with Gasteiger partial charge in [-0.05, 0) is 54.4 Å². The summed E-state index contributed by atoms with van der Waals surface area (Å²) in [6.07, 6.45) is -0.358. The topological polar surface area (TPSA) is 32.3 Å². The van der Waals surface area contributed by atoms with Gasteiger partial charge < -0.3 is 10.4 Å². The lowest BCUT2D eigenvalue weighted by Crippen LogP contribution is -2.27. The Kier molecular flexibility index (Phi) is 3.96. The van der Waals surface area contributed by atoms with Gasteiger partial charge in [0, 0.05) is 16.2 Å². The van der Waals surface area contributed by atoms with E-state index in [-0.39, 0.29) is 12.1 Å². The smallest absolute Gasteiger partial charge is 0.0710 e. The third kappa shape index (κ3) is 3.00. The average molecular weight is 258 g/mol. The quantitative estimate of drug-likeness (QED) is 0.873. The number of aliphatic hydroxyl groups excluding tert-OH is 1. The molecule has 1 aromatic rings. The Hall–Kier alpha value is -0.540. The zero-order valence-electron chi connectivity index (χ0n) is 8.71. The van der Waals surface area contributed by atoms with Crippen LogP contribution in [-0.4, -0.2) is 17.3 Å². The molecular formula is C11H16BrNO. The largest absolute Gasteiger partial charge is 0.391 e. The van der Waals surface area contributed by atoms with E-state index < -0.39 is 0 Å². The molecule has 1 aromatic carbocycles. The predicted molar refractivity (Wildman–Crippen MR) is 63.6 cm³/mol. The number of aryl methyl sites for hydroxylation is 1. The molecule has 0 radical (unpaired) electrons. The second-order valence-electron chi connectivity index (χ2n) is 3.66. The van der Waals surface area contributed by atoms with Crippen LogP contribution in [0.2, 0.25) is 0 Å². The molecule has 0 saturated heterocycles. The molecule has 2 N–H and O–H groups in total. The number of hydrogen-bond acceptors (Lipinski definition) is 2. The molecule has 0 aliphatic heterocycles. The van der Waals surface area contributed by atoms with E-state index in [9.17, 15) is 5.11 Å². The summed E-state index contributed by atoms with van der Waals surface area (Å²) in [5.41, 5.74) is 2.23. The van der Waals surface area contributed by atoms with Crippen LogP contribution in [0.3, 0.4) is 0 Å². The zero-order valence-corrected chi connectivity index (χ0v) is 10.3. The van der Waals surface area contributed by atoms with Crippen molar-refractivity contribution in [3.05, 3.63) is 28.2 Å². The first-order valence-electron chi connectivity index (χ1n) is 4.71. The molecule has 0 amide bonds. The van der Waals surface area contributed by atoms with Crippen molar-refractivity contribution in [3.63, 3.8) is 0 Å². The maximum atomic E-state index is 9.35. The van der Waals surface area contributed by atoms with Crippen molar-refractivity contribution in [1.82, 2.24) is 0 Å². The summed E-state index contributed by atoms with van der Waals surface area (Å²) in [5, 5.41) is 12.6. The number of aliphatic hydroxyl groups is 1. The molecule has 3 heteroatoms. The molecule has 0 saturated carbocycles. The van der Waals surface area contributed by atoms with Crippen LogP contribution in [-0.2, 0) is 0 Å². The van der Waals surface area contributed by atoms with Crippen LogP contribution in [0.4, 0.5) is 5.69 Å².